The number of hydrogen-bond acceptors (Lipinski definition) is 5. The molecule has 3 rings (SSSR count). The summed E-state index contributed by atoms with van der Waals surface area (Å²) in [6.07, 6.45) is 0.648. The highest BCUT2D eigenvalue weighted by atomic mass is 35.5. The maximum atomic E-state index is 12.9. The summed E-state index contributed by atoms with van der Waals surface area (Å²) in [6.45, 7) is 3.74. The van der Waals surface area contributed by atoms with Gasteiger partial charge in [0.25, 0.3) is 5.91 Å². The van der Waals surface area contributed by atoms with Crippen molar-refractivity contribution in [3.05, 3.63) is 57.6 Å². The highest BCUT2D eigenvalue weighted by Crippen LogP contribution is 2.29. The van der Waals surface area contributed by atoms with E-state index in [1.54, 1.807) is 36.4 Å². The van der Waals surface area contributed by atoms with Gasteiger partial charge in [0.15, 0.2) is 6.61 Å². The molecule has 1 amide bonds. The minimum atomic E-state index is -3.62. The SMILES string of the molecule is Cc1ccc(S(=O)(=O)N2CCC(C(=O)OCC(=O)Nc3cccc(Cl)c3Cl)CC2)cc1C. The van der Waals surface area contributed by atoms with Crippen molar-refractivity contribution < 1.29 is 22.7 Å². The Morgan fingerprint density at radius 3 is 2.44 bits per heavy atom. The van der Waals surface area contributed by atoms with Gasteiger partial charge in [0.1, 0.15) is 0 Å². The quantitative estimate of drug-likeness (QED) is 0.602. The Balaban J connectivity index is 1.51. The number of piperidine rings is 1. The molecule has 0 spiro atoms. The highest BCUT2D eigenvalue weighted by Gasteiger charge is 2.33. The van der Waals surface area contributed by atoms with Crippen LogP contribution < -0.4 is 5.32 Å². The lowest BCUT2D eigenvalue weighted by Gasteiger charge is -2.30. The average molecular weight is 499 g/mol. The zero-order chi connectivity index (χ0) is 23.5. The fraction of sp³-hybridized carbons (Fsp3) is 0.364. The molecule has 10 heteroatoms. The van der Waals surface area contributed by atoms with E-state index in [0.717, 1.165) is 11.1 Å². The van der Waals surface area contributed by atoms with Crippen LogP contribution in [0.4, 0.5) is 5.69 Å². The highest BCUT2D eigenvalue weighted by molar-refractivity contribution is 7.89. The predicted molar refractivity (Wildman–Crippen MR) is 123 cm³/mol. The Labute approximate surface area is 197 Å². The smallest absolute Gasteiger partial charge is 0.309 e. The molecule has 2 aromatic rings. The average Bonchev–Trinajstić information content (AvgIpc) is 2.77. The molecule has 0 bridgehead atoms. The Morgan fingerprint density at radius 1 is 1.09 bits per heavy atom. The van der Waals surface area contributed by atoms with Gasteiger partial charge in [-0.2, -0.15) is 4.31 Å². The number of anilines is 1. The lowest BCUT2D eigenvalue weighted by molar-refractivity contribution is -0.152. The first-order chi connectivity index (χ1) is 15.1. The second-order valence-electron chi connectivity index (χ2n) is 7.68. The van der Waals surface area contributed by atoms with Crippen molar-refractivity contribution in [2.24, 2.45) is 5.92 Å². The van der Waals surface area contributed by atoms with Gasteiger partial charge in [-0.25, -0.2) is 8.42 Å². The van der Waals surface area contributed by atoms with Crippen LogP contribution in [0, 0.1) is 19.8 Å². The number of aryl methyl sites for hydroxylation is 2. The maximum Gasteiger partial charge on any atom is 0.309 e. The summed E-state index contributed by atoms with van der Waals surface area (Å²) in [5.41, 5.74) is 2.25. The number of carbonyl (C=O) groups is 2. The molecule has 2 aromatic carbocycles. The van der Waals surface area contributed by atoms with Crippen molar-refractivity contribution >= 4 is 50.8 Å². The molecule has 1 aliphatic rings. The molecule has 7 nitrogen and oxygen atoms in total. The van der Waals surface area contributed by atoms with E-state index in [2.05, 4.69) is 5.32 Å². The third-order valence-corrected chi connectivity index (χ3v) is 8.19. The molecular weight excluding hydrogens is 475 g/mol. The first-order valence-corrected chi connectivity index (χ1v) is 12.3. The monoisotopic (exact) mass is 498 g/mol. The molecule has 1 N–H and O–H groups in total. The van der Waals surface area contributed by atoms with Crippen LogP contribution in [0.25, 0.3) is 0 Å². The number of halogens is 2. The third kappa shape index (κ3) is 5.61. The van der Waals surface area contributed by atoms with Gasteiger partial charge in [-0.1, -0.05) is 35.3 Å². The van der Waals surface area contributed by atoms with Crippen LogP contribution in [0.1, 0.15) is 24.0 Å². The summed E-state index contributed by atoms with van der Waals surface area (Å²) in [5, 5.41) is 3.04. The van der Waals surface area contributed by atoms with Crippen molar-refractivity contribution in [3.8, 4) is 0 Å². The van der Waals surface area contributed by atoms with Gasteiger partial charge in [-0.15, -0.1) is 0 Å². The van der Waals surface area contributed by atoms with Crippen molar-refractivity contribution in [1.82, 2.24) is 4.31 Å². The molecule has 0 aliphatic carbocycles. The minimum Gasteiger partial charge on any atom is -0.455 e. The summed E-state index contributed by atoms with van der Waals surface area (Å²) < 4.78 is 32.3. The molecule has 172 valence electrons. The van der Waals surface area contributed by atoms with Crippen LogP contribution in [-0.4, -0.2) is 44.3 Å². The molecule has 1 fully saturated rings. The van der Waals surface area contributed by atoms with Crippen LogP contribution in [0.2, 0.25) is 10.0 Å². The van der Waals surface area contributed by atoms with Crippen LogP contribution in [0.3, 0.4) is 0 Å². The minimum absolute atomic E-state index is 0.200. The Bertz CT molecular complexity index is 1130. The van der Waals surface area contributed by atoms with E-state index in [4.69, 9.17) is 27.9 Å². The van der Waals surface area contributed by atoms with Gasteiger partial charge in [0, 0.05) is 13.1 Å². The fourth-order valence-corrected chi connectivity index (χ4v) is 5.30. The van der Waals surface area contributed by atoms with Crippen LogP contribution in [-0.2, 0) is 24.3 Å². The Hall–Kier alpha value is -2.13. The molecule has 1 aliphatic heterocycles. The lowest BCUT2D eigenvalue weighted by atomic mass is 9.98. The van der Waals surface area contributed by atoms with E-state index in [1.165, 1.54) is 4.31 Å². The normalized spacial score (nSPS) is 15.4. The van der Waals surface area contributed by atoms with Gasteiger partial charge in [0.05, 0.1) is 26.5 Å². The van der Waals surface area contributed by atoms with Gasteiger partial charge in [-0.3, -0.25) is 9.59 Å². The second-order valence-corrected chi connectivity index (χ2v) is 10.4. The number of esters is 1. The molecule has 0 atom stereocenters. The summed E-state index contributed by atoms with van der Waals surface area (Å²) in [7, 11) is -3.62. The zero-order valence-electron chi connectivity index (χ0n) is 17.7. The first-order valence-electron chi connectivity index (χ1n) is 10.1. The number of hydrogen-bond donors (Lipinski definition) is 1. The van der Waals surface area contributed by atoms with Gasteiger partial charge in [-0.05, 0) is 62.1 Å². The Kier molecular flexibility index (Phi) is 7.82. The van der Waals surface area contributed by atoms with Crippen molar-refractivity contribution in [3.63, 3.8) is 0 Å². The van der Waals surface area contributed by atoms with Crippen LogP contribution in [0.5, 0.6) is 0 Å². The van der Waals surface area contributed by atoms with Gasteiger partial charge >= 0.3 is 5.97 Å². The molecule has 32 heavy (non-hydrogen) atoms. The van der Waals surface area contributed by atoms with Gasteiger partial charge < -0.3 is 10.1 Å². The van der Waals surface area contributed by atoms with E-state index in [0.29, 0.717) is 23.6 Å². The number of sulfonamides is 1. The molecule has 0 radical (unpaired) electrons. The molecule has 0 unspecified atom stereocenters. The zero-order valence-corrected chi connectivity index (χ0v) is 20.1. The summed E-state index contributed by atoms with van der Waals surface area (Å²) in [4.78, 5) is 24.7. The van der Waals surface area contributed by atoms with E-state index < -0.39 is 34.4 Å². The number of ether oxygens (including phenoxy) is 1. The summed E-state index contributed by atoms with van der Waals surface area (Å²) >= 11 is 11.9. The molecule has 0 saturated carbocycles. The largest absolute Gasteiger partial charge is 0.455 e. The summed E-state index contributed by atoms with van der Waals surface area (Å²) in [5.74, 6) is -1.54. The van der Waals surface area contributed by atoms with Crippen molar-refractivity contribution in [2.45, 2.75) is 31.6 Å². The van der Waals surface area contributed by atoms with Crippen molar-refractivity contribution in [2.75, 3.05) is 25.0 Å². The standard InChI is InChI=1S/C22H24Cl2N2O5S/c1-14-6-7-17(12-15(14)2)32(29,30)26-10-8-16(9-11-26)22(28)31-13-20(27)25-19-5-3-4-18(23)21(19)24/h3-7,12,16H,8-11,13H2,1-2H3,(H,25,27). The van der Waals surface area contributed by atoms with Crippen LogP contribution in [0.15, 0.2) is 41.3 Å². The van der Waals surface area contributed by atoms with E-state index >= 15 is 0 Å². The molecule has 1 saturated heterocycles. The van der Waals surface area contributed by atoms with Crippen LogP contribution >= 0.6 is 23.2 Å². The number of rotatable bonds is 6. The third-order valence-electron chi connectivity index (χ3n) is 5.47. The van der Waals surface area contributed by atoms with E-state index in [-0.39, 0.29) is 23.0 Å². The fourth-order valence-electron chi connectivity index (χ4n) is 3.40. The second kappa shape index (κ2) is 10.2. The van der Waals surface area contributed by atoms with Gasteiger partial charge in [0.2, 0.25) is 10.0 Å². The molecular formula is C22H24Cl2N2O5S. The number of carbonyl (C=O) groups excluding carboxylic acids is 2. The molecule has 1 heterocycles. The first kappa shape index (κ1) is 24.5. The van der Waals surface area contributed by atoms with E-state index in [1.807, 2.05) is 13.8 Å². The Morgan fingerprint density at radius 2 is 1.78 bits per heavy atom. The topological polar surface area (TPSA) is 92.8 Å². The lowest BCUT2D eigenvalue weighted by Crippen LogP contribution is -2.41. The molecule has 0 aromatic heterocycles. The predicted octanol–water partition coefficient (Wildman–Crippen LogP) is 4.19. The summed E-state index contributed by atoms with van der Waals surface area (Å²) in [6, 6.07) is 9.86. The van der Waals surface area contributed by atoms with Crippen molar-refractivity contribution in [1.29, 1.82) is 0 Å². The number of nitrogens with one attached hydrogen (secondary N) is 1. The number of nitrogens with zero attached hydrogens (tertiary/aromatic N) is 1. The van der Waals surface area contributed by atoms with E-state index in [9.17, 15) is 18.0 Å². The maximum absolute atomic E-state index is 12.9. The number of benzene rings is 2. The number of amides is 1.